The highest BCUT2D eigenvalue weighted by Gasteiger charge is 2.09. The molecule has 4 aromatic rings. The van der Waals surface area contributed by atoms with Crippen LogP contribution in [0.3, 0.4) is 0 Å². The molecule has 32 heavy (non-hydrogen) atoms. The summed E-state index contributed by atoms with van der Waals surface area (Å²) in [6, 6.07) is 15.4. The third-order valence-corrected chi connectivity index (χ3v) is 4.81. The highest BCUT2D eigenvalue weighted by atomic mass is 16.5. The van der Waals surface area contributed by atoms with E-state index in [1.165, 1.54) is 6.33 Å². The van der Waals surface area contributed by atoms with Gasteiger partial charge in [-0.1, -0.05) is 0 Å². The van der Waals surface area contributed by atoms with Gasteiger partial charge in [0.25, 0.3) is 0 Å². The van der Waals surface area contributed by atoms with E-state index in [4.69, 9.17) is 9.47 Å². The van der Waals surface area contributed by atoms with Gasteiger partial charge in [0.05, 0.1) is 12.8 Å². The van der Waals surface area contributed by atoms with Gasteiger partial charge in [-0.3, -0.25) is 4.57 Å². The second kappa shape index (κ2) is 9.17. The van der Waals surface area contributed by atoms with E-state index in [1.54, 1.807) is 68.0 Å². The molecule has 2 heterocycles. The van der Waals surface area contributed by atoms with Gasteiger partial charge in [-0.2, -0.15) is 0 Å². The second-order valence-electron chi connectivity index (χ2n) is 6.93. The van der Waals surface area contributed by atoms with Crippen LogP contribution in [0, 0.1) is 13.8 Å². The number of amides is 2. The SMILES string of the molecule is COc1ccc(NC(=O)Nc2ccc(Oc3cc(-n4cnc(C)c4C)ncn3)cc2)cc1. The molecular formula is C23H22N6O3. The van der Waals surface area contributed by atoms with Crippen LogP contribution in [0.4, 0.5) is 16.2 Å². The number of aromatic nitrogens is 4. The van der Waals surface area contributed by atoms with Crippen LogP contribution in [-0.4, -0.2) is 32.7 Å². The lowest BCUT2D eigenvalue weighted by atomic mass is 10.3. The van der Waals surface area contributed by atoms with Crippen LogP contribution >= 0.6 is 0 Å². The minimum absolute atomic E-state index is 0.352. The van der Waals surface area contributed by atoms with Crippen molar-refractivity contribution in [2.24, 2.45) is 0 Å². The molecule has 0 saturated heterocycles. The predicted molar refractivity (Wildman–Crippen MR) is 121 cm³/mol. The number of methoxy groups -OCH3 is 1. The molecule has 0 unspecified atom stereocenters. The average Bonchev–Trinajstić information content (AvgIpc) is 3.14. The first-order valence-electron chi connectivity index (χ1n) is 9.85. The molecule has 0 bridgehead atoms. The Hall–Kier alpha value is -4.40. The molecule has 2 N–H and O–H groups in total. The number of benzene rings is 2. The van der Waals surface area contributed by atoms with Crippen LogP contribution in [-0.2, 0) is 0 Å². The molecule has 2 aromatic carbocycles. The smallest absolute Gasteiger partial charge is 0.323 e. The van der Waals surface area contributed by atoms with Crippen LogP contribution in [0.15, 0.2) is 67.3 Å². The third-order valence-electron chi connectivity index (χ3n) is 4.81. The molecule has 0 radical (unpaired) electrons. The van der Waals surface area contributed by atoms with Crippen molar-refractivity contribution >= 4 is 17.4 Å². The summed E-state index contributed by atoms with van der Waals surface area (Å²) in [5.41, 5.74) is 3.21. The van der Waals surface area contributed by atoms with E-state index in [9.17, 15) is 4.79 Å². The molecule has 0 fully saturated rings. The second-order valence-corrected chi connectivity index (χ2v) is 6.93. The van der Waals surface area contributed by atoms with Gasteiger partial charge in [0.2, 0.25) is 5.88 Å². The molecule has 9 heteroatoms. The molecule has 0 aliphatic heterocycles. The van der Waals surface area contributed by atoms with Gasteiger partial charge in [0, 0.05) is 23.1 Å². The Morgan fingerprint density at radius 2 is 1.50 bits per heavy atom. The standard InChI is InChI=1S/C23H22N6O3/c1-15-16(2)29(14-26-15)21-12-22(25-13-24-21)32-20-10-6-18(7-11-20)28-23(30)27-17-4-8-19(31-3)9-5-17/h4-14H,1-3H3,(H2,27,28,30). The van der Waals surface area contributed by atoms with Gasteiger partial charge >= 0.3 is 6.03 Å². The maximum Gasteiger partial charge on any atom is 0.323 e. The highest BCUT2D eigenvalue weighted by Crippen LogP contribution is 2.23. The van der Waals surface area contributed by atoms with Gasteiger partial charge in [-0.05, 0) is 62.4 Å². The van der Waals surface area contributed by atoms with Gasteiger partial charge < -0.3 is 20.1 Å². The minimum atomic E-state index is -0.352. The third kappa shape index (κ3) is 4.84. The molecule has 0 aliphatic carbocycles. The van der Waals surface area contributed by atoms with Crippen molar-refractivity contribution in [2.45, 2.75) is 13.8 Å². The summed E-state index contributed by atoms with van der Waals surface area (Å²) in [7, 11) is 1.59. The quantitative estimate of drug-likeness (QED) is 0.459. The zero-order valence-electron chi connectivity index (χ0n) is 17.9. The van der Waals surface area contributed by atoms with Gasteiger partial charge in [-0.15, -0.1) is 0 Å². The number of nitrogens with zero attached hydrogens (tertiary/aromatic N) is 4. The largest absolute Gasteiger partial charge is 0.497 e. The predicted octanol–water partition coefficient (Wildman–Crippen LogP) is 4.72. The lowest BCUT2D eigenvalue weighted by molar-refractivity contribution is 0.262. The first-order valence-corrected chi connectivity index (χ1v) is 9.85. The topological polar surface area (TPSA) is 103 Å². The first kappa shape index (κ1) is 20.9. The molecule has 2 amide bonds. The Labute approximate surface area is 185 Å². The Morgan fingerprint density at radius 3 is 2.06 bits per heavy atom. The molecule has 0 aliphatic rings. The molecular weight excluding hydrogens is 408 g/mol. The molecule has 9 nitrogen and oxygen atoms in total. The lowest BCUT2D eigenvalue weighted by Gasteiger charge is -2.10. The normalized spacial score (nSPS) is 10.5. The maximum atomic E-state index is 12.2. The zero-order chi connectivity index (χ0) is 22.5. The van der Waals surface area contributed by atoms with Crippen LogP contribution in [0.2, 0.25) is 0 Å². The Balaban J connectivity index is 1.38. The number of carbonyl (C=O) groups excluding carboxylic acids is 1. The van der Waals surface area contributed by atoms with Gasteiger partial charge in [-0.25, -0.2) is 19.7 Å². The highest BCUT2D eigenvalue weighted by molar-refractivity contribution is 5.99. The molecule has 0 spiro atoms. The minimum Gasteiger partial charge on any atom is -0.497 e. The monoisotopic (exact) mass is 430 g/mol. The van der Waals surface area contributed by atoms with Crippen molar-refractivity contribution in [3.63, 3.8) is 0 Å². The number of imidazole rings is 1. The Kier molecular flexibility index (Phi) is 5.98. The fraction of sp³-hybridized carbons (Fsp3) is 0.130. The molecule has 2 aromatic heterocycles. The van der Waals surface area contributed by atoms with E-state index in [1.807, 2.05) is 18.4 Å². The van der Waals surface area contributed by atoms with E-state index in [0.717, 1.165) is 17.1 Å². The van der Waals surface area contributed by atoms with E-state index < -0.39 is 0 Å². The van der Waals surface area contributed by atoms with E-state index in [0.29, 0.717) is 28.8 Å². The van der Waals surface area contributed by atoms with Crippen molar-refractivity contribution < 1.29 is 14.3 Å². The number of rotatable bonds is 6. The number of nitrogens with one attached hydrogen (secondary N) is 2. The van der Waals surface area contributed by atoms with Crippen LogP contribution in [0.1, 0.15) is 11.4 Å². The van der Waals surface area contributed by atoms with Crippen molar-refractivity contribution in [2.75, 3.05) is 17.7 Å². The fourth-order valence-corrected chi connectivity index (χ4v) is 2.94. The molecule has 162 valence electrons. The van der Waals surface area contributed by atoms with Crippen LogP contribution in [0.5, 0.6) is 17.4 Å². The number of ether oxygens (including phenoxy) is 2. The number of urea groups is 1. The van der Waals surface area contributed by atoms with Crippen molar-refractivity contribution in [1.29, 1.82) is 0 Å². The van der Waals surface area contributed by atoms with Crippen molar-refractivity contribution in [3.05, 3.63) is 78.6 Å². The summed E-state index contributed by atoms with van der Waals surface area (Å²) in [5, 5.41) is 5.54. The molecule has 0 saturated carbocycles. The van der Waals surface area contributed by atoms with Gasteiger partial charge in [0.15, 0.2) is 0 Å². The number of aryl methyl sites for hydroxylation is 1. The zero-order valence-corrected chi connectivity index (χ0v) is 17.9. The summed E-state index contributed by atoms with van der Waals surface area (Å²) >= 11 is 0. The summed E-state index contributed by atoms with van der Waals surface area (Å²) in [5.74, 6) is 2.37. The van der Waals surface area contributed by atoms with Crippen molar-refractivity contribution in [3.8, 4) is 23.2 Å². The summed E-state index contributed by atoms with van der Waals surface area (Å²) < 4.78 is 12.8. The van der Waals surface area contributed by atoms with E-state index >= 15 is 0 Å². The van der Waals surface area contributed by atoms with E-state index in [2.05, 4.69) is 25.6 Å². The lowest BCUT2D eigenvalue weighted by Crippen LogP contribution is -2.19. The van der Waals surface area contributed by atoms with E-state index in [-0.39, 0.29) is 6.03 Å². The van der Waals surface area contributed by atoms with Crippen LogP contribution < -0.4 is 20.1 Å². The summed E-state index contributed by atoms with van der Waals surface area (Å²) in [4.78, 5) is 25.0. The maximum absolute atomic E-state index is 12.2. The Bertz CT molecular complexity index is 1220. The first-order chi connectivity index (χ1) is 15.5. The van der Waals surface area contributed by atoms with Crippen molar-refractivity contribution in [1.82, 2.24) is 19.5 Å². The van der Waals surface area contributed by atoms with Crippen LogP contribution in [0.25, 0.3) is 5.82 Å². The number of anilines is 2. The molecule has 4 rings (SSSR count). The number of hydrogen-bond donors (Lipinski definition) is 2. The number of carbonyl (C=O) groups is 1. The summed E-state index contributed by atoms with van der Waals surface area (Å²) in [6.45, 7) is 3.92. The van der Waals surface area contributed by atoms with Gasteiger partial charge in [0.1, 0.15) is 30.0 Å². The molecule has 0 atom stereocenters. The average molecular weight is 430 g/mol. The summed E-state index contributed by atoms with van der Waals surface area (Å²) in [6.07, 6.45) is 3.16. The fourth-order valence-electron chi connectivity index (χ4n) is 2.94. The Morgan fingerprint density at radius 1 is 0.875 bits per heavy atom. The number of hydrogen-bond acceptors (Lipinski definition) is 6.